The van der Waals surface area contributed by atoms with Gasteiger partial charge in [0.2, 0.25) is 5.95 Å². The summed E-state index contributed by atoms with van der Waals surface area (Å²) in [7, 11) is 1.63. The highest BCUT2D eigenvalue weighted by atomic mass is 32.1. The number of rotatable bonds is 5. The van der Waals surface area contributed by atoms with Crippen LogP contribution in [-0.2, 0) is 11.3 Å². The lowest BCUT2D eigenvalue weighted by molar-refractivity contribution is 0.0577. The molecule has 0 aliphatic rings. The van der Waals surface area contributed by atoms with Crippen LogP contribution >= 0.6 is 11.3 Å². The molecule has 0 saturated heterocycles. The number of ether oxygens (including phenoxy) is 2. The number of methoxy groups -OCH3 is 1. The molecule has 0 unspecified atom stereocenters. The van der Waals surface area contributed by atoms with Crippen molar-refractivity contribution >= 4 is 39.2 Å². The smallest absolute Gasteiger partial charge is 0.415 e. The van der Waals surface area contributed by atoms with Crippen LogP contribution in [-0.4, -0.2) is 28.8 Å². The lowest BCUT2D eigenvalue weighted by Gasteiger charge is -2.28. The van der Waals surface area contributed by atoms with Crippen LogP contribution in [0.3, 0.4) is 0 Å². The molecule has 176 valence electrons. The first-order valence-corrected chi connectivity index (χ1v) is 11.7. The van der Waals surface area contributed by atoms with E-state index < -0.39 is 11.7 Å². The van der Waals surface area contributed by atoms with Gasteiger partial charge in [-0.1, -0.05) is 12.1 Å². The number of nitrogens with two attached hydrogens (primary N) is 1. The first-order chi connectivity index (χ1) is 16.1. The van der Waals surface area contributed by atoms with Crippen molar-refractivity contribution in [2.75, 3.05) is 17.7 Å². The zero-order valence-corrected chi connectivity index (χ0v) is 20.8. The third-order valence-corrected chi connectivity index (χ3v) is 6.52. The van der Waals surface area contributed by atoms with Gasteiger partial charge in [0.25, 0.3) is 0 Å². The summed E-state index contributed by atoms with van der Waals surface area (Å²) in [5, 5.41) is 1.05. The SMILES string of the molecule is COc1cccc(CN(C(=O)OC(C)(C)C)c2ccc3sc(-c4ccnc(N)n4)c(C)c3c2)c1. The number of anilines is 2. The standard InChI is InChI=1S/C26H28N4O3S/c1-16-20-14-18(9-10-22(20)34-23(16)21-11-12-28-24(27)29-21)30(25(31)33-26(2,3)4)15-17-7-6-8-19(13-17)32-5/h6-14H,15H2,1-5H3,(H2,27,28,29). The van der Waals surface area contributed by atoms with E-state index in [1.54, 1.807) is 29.5 Å². The Kier molecular flexibility index (Phi) is 6.43. The molecule has 7 nitrogen and oxygen atoms in total. The average molecular weight is 477 g/mol. The quantitative estimate of drug-likeness (QED) is 0.369. The Labute approximate surface area is 203 Å². The molecule has 34 heavy (non-hydrogen) atoms. The molecule has 0 aliphatic heterocycles. The first kappa shape index (κ1) is 23.5. The van der Waals surface area contributed by atoms with Crippen LogP contribution in [0.1, 0.15) is 31.9 Å². The number of hydrogen-bond donors (Lipinski definition) is 1. The van der Waals surface area contributed by atoms with E-state index in [1.807, 2.05) is 69.3 Å². The second kappa shape index (κ2) is 9.30. The fourth-order valence-electron chi connectivity index (χ4n) is 3.65. The van der Waals surface area contributed by atoms with Gasteiger partial charge in [0.15, 0.2) is 0 Å². The molecule has 0 atom stereocenters. The molecule has 4 aromatic rings. The highest BCUT2D eigenvalue weighted by Gasteiger charge is 2.25. The number of nitrogen functional groups attached to an aromatic ring is 1. The van der Waals surface area contributed by atoms with Crippen molar-refractivity contribution in [1.82, 2.24) is 9.97 Å². The van der Waals surface area contributed by atoms with Gasteiger partial charge in [-0.05, 0) is 80.6 Å². The number of aryl methyl sites for hydroxylation is 1. The van der Waals surface area contributed by atoms with Crippen LogP contribution in [0.2, 0.25) is 0 Å². The summed E-state index contributed by atoms with van der Waals surface area (Å²) >= 11 is 1.64. The van der Waals surface area contributed by atoms with Gasteiger partial charge >= 0.3 is 6.09 Å². The van der Waals surface area contributed by atoms with Crippen LogP contribution in [0, 0.1) is 6.92 Å². The number of thiophene rings is 1. The minimum atomic E-state index is -0.619. The van der Waals surface area contributed by atoms with Gasteiger partial charge in [-0.25, -0.2) is 14.8 Å². The van der Waals surface area contributed by atoms with Gasteiger partial charge in [0.05, 0.1) is 24.2 Å². The molecular weight excluding hydrogens is 448 g/mol. The Morgan fingerprint density at radius 2 is 1.94 bits per heavy atom. The molecule has 2 aromatic carbocycles. The lowest BCUT2D eigenvalue weighted by Crippen LogP contribution is -2.36. The normalized spacial score (nSPS) is 11.4. The Morgan fingerprint density at radius 3 is 2.65 bits per heavy atom. The summed E-state index contributed by atoms with van der Waals surface area (Å²) in [4.78, 5) is 24.3. The van der Waals surface area contributed by atoms with Crippen molar-refractivity contribution in [2.45, 2.75) is 39.8 Å². The van der Waals surface area contributed by atoms with Crippen molar-refractivity contribution in [1.29, 1.82) is 0 Å². The van der Waals surface area contributed by atoms with E-state index in [0.717, 1.165) is 43.2 Å². The van der Waals surface area contributed by atoms with Crippen molar-refractivity contribution in [2.24, 2.45) is 0 Å². The van der Waals surface area contributed by atoms with Crippen LogP contribution < -0.4 is 15.4 Å². The maximum absolute atomic E-state index is 13.2. The van der Waals surface area contributed by atoms with Crippen molar-refractivity contribution in [3.63, 3.8) is 0 Å². The van der Waals surface area contributed by atoms with E-state index in [4.69, 9.17) is 15.2 Å². The van der Waals surface area contributed by atoms with E-state index in [-0.39, 0.29) is 5.95 Å². The molecule has 0 aliphatic carbocycles. The summed E-state index contributed by atoms with van der Waals surface area (Å²) in [6, 6.07) is 15.5. The molecule has 2 heterocycles. The minimum absolute atomic E-state index is 0.240. The van der Waals surface area contributed by atoms with Crippen LogP contribution in [0.4, 0.5) is 16.4 Å². The molecule has 0 fully saturated rings. The number of fused-ring (bicyclic) bond motifs is 1. The summed E-state index contributed by atoms with van der Waals surface area (Å²) in [6.07, 6.45) is 1.25. The van der Waals surface area contributed by atoms with Gasteiger partial charge < -0.3 is 15.2 Å². The number of nitrogens with zero attached hydrogens (tertiary/aromatic N) is 3. The summed E-state index contributed by atoms with van der Waals surface area (Å²) in [5.74, 6) is 0.976. The fourth-order valence-corrected chi connectivity index (χ4v) is 4.81. The van der Waals surface area contributed by atoms with Crippen LogP contribution in [0.15, 0.2) is 54.7 Å². The van der Waals surface area contributed by atoms with Crippen LogP contribution in [0.5, 0.6) is 5.75 Å². The van der Waals surface area contributed by atoms with Gasteiger partial charge in [0.1, 0.15) is 11.4 Å². The number of carbonyl (C=O) groups excluding carboxylic acids is 1. The predicted octanol–water partition coefficient (Wildman–Crippen LogP) is 6.20. The lowest BCUT2D eigenvalue weighted by atomic mass is 10.1. The van der Waals surface area contributed by atoms with Crippen molar-refractivity contribution in [3.05, 3.63) is 65.9 Å². The summed E-state index contributed by atoms with van der Waals surface area (Å²) < 4.78 is 12.2. The number of aromatic nitrogens is 2. The summed E-state index contributed by atoms with van der Waals surface area (Å²) in [5.41, 5.74) is 8.72. The molecule has 0 saturated carbocycles. The molecule has 1 amide bonds. The number of amides is 1. The Morgan fingerprint density at radius 1 is 1.15 bits per heavy atom. The Hall–Kier alpha value is -3.65. The maximum Gasteiger partial charge on any atom is 0.415 e. The molecule has 8 heteroatoms. The number of carbonyl (C=O) groups is 1. The third-order valence-electron chi connectivity index (χ3n) is 5.23. The van der Waals surface area contributed by atoms with E-state index >= 15 is 0 Å². The monoisotopic (exact) mass is 476 g/mol. The topological polar surface area (TPSA) is 90.6 Å². The maximum atomic E-state index is 13.2. The second-order valence-corrected chi connectivity index (χ2v) is 10.0. The van der Waals surface area contributed by atoms with Gasteiger partial charge in [-0.15, -0.1) is 11.3 Å². The van der Waals surface area contributed by atoms with Crippen molar-refractivity contribution < 1.29 is 14.3 Å². The molecule has 0 radical (unpaired) electrons. The molecular formula is C26H28N4O3S. The van der Waals surface area contributed by atoms with Crippen LogP contribution in [0.25, 0.3) is 20.7 Å². The number of benzene rings is 2. The average Bonchev–Trinajstić information content (AvgIpc) is 3.12. The summed E-state index contributed by atoms with van der Waals surface area (Å²) in [6.45, 7) is 7.98. The van der Waals surface area contributed by atoms with Gasteiger partial charge in [-0.2, -0.15) is 0 Å². The highest BCUT2D eigenvalue weighted by molar-refractivity contribution is 7.22. The van der Waals surface area contributed by atoms with Crippen molar-refractivity contribution in [3.8, 4) is 16.3 Å². The highest BCUT2D eigenvalue weighted by Crippen LogP contribution is 2.39. The van der Waals surface area contributed by atoms with E-state index in [0.29, 0.717) is 6.54 Å². The molecule has 2 N–H and O–H groups in total. The van der Waals surface area contributed by atoms with E-state index in [9.17, 15) is 4.79 Å². The molecule has 4 rings (SSSR count). The zero-order chi connectivity index (χ0) is 24.5. The second-order valence-electron chi connectivity index (χ2n) is 8.95. The molecule has 2 aromatic heterocycles. The Balaban J connectivity index is 1.76. The van der Waals surface area contributed by atoms with Gasteiger partial charge in [-0.3, -0.25) is 4.90 Å². The zero-order valence-electron chi connectivity index (χ0n) is 20.0. The predicted molar refractivity (Wildman–Crippen MR) is 137 cm³/mol. The van der Waals surface area contributed by atoms with E-state index in [1.165, 1.54) is 0 Å². The molecule has 0 bridgehead atoms. The van der Waals surface area contributed by atoms with E-state index in [2.05, 4.69) is 16.9 Å². The third kappa shape index (κ3) is 5.12. The molecule has 0 spiro atoms. The van der Waals surface area contributed by atoms with Gasteiger partial charge in [0, 0.05) is 16.6 Å². The Bertz CT molecular complexity index is 1340. The minimum Gasteiger partial charge on any atom is -0.497 e. The largest absolute Gasteiger partial charge is 0.497 e. The fraction of sp³-hybridized carbons (Fsp3) is 0.269. The number of hydrogen-bond acceptors (Lipinski definition) is 7. The first-order valence-electron chi connectivity index (χ1n) is 10.9.